The van der Waals surface area contributed by atoms with Gasteiger partial charge in [-0.25, -0.2) is 0 Å². The Morgan fingerprint density at radius 2 is 2.05 bits per heavy atom. The van der Waals surface area contributed by atoms with E-state index in [9.17, 15) is 0 Å². The Morgan fingerprint density at radius 1 is 1.21 bits per heavy atom. The maximum Gasteiger partial charge on any atom is 0.0710 e. The van der Waals surface area contributed by atoms with Gasteiger partial charge in [-0.2, -0.15) is 0 Å². The van der Waals surface area contributed by atoms with E-state index < -0.39 is 0 Å². The van der Waals surface area contributed by atoms with Gasteiger partial charge in [0.25, 0.3) is 0 Å². The molecule has 2 aliphatic rings. The Bertz CT molecular complexity index is 261. The lowest BCUT2D eigenvalue weighted by atomic mass is 10.0. The third-order valence-corrected chi connectivity index (χ3v) is 4.45. The SMILES string of the molecule is CCCN(CC1CCCCN1)CC1CCC(C)(C)O1. The largest absolute Gasteiger partial charge is 0.371 e. The highest BCUT2D eigenvalue weighted by molar-refractivity contribution is 4.84. The molecule has 0 aromatic heterocycles. The van der Waals surface area contributed by atoms with Gasteiger partial charge in [0.05, 0.1) is 11.7 Å². The van der Waals surface area contributed by atoms with E-state index in [-0.39, 0.29) is 5.60 Å². The lowest BCUT2D eigenvalue weighted by molar-refractivity contribution is -0.0297. The zero-order valence-corrected chi connectivity index (χ0v) is 13.1. The molecule has 0 radical (unpaired) electrons. The summed E-state index contributed by atoms with van der Waals surface area (Å²) in [5.74, 6) is 0. The summed E-state index contributed by atoms with van der Waals surface area (Å²) in [5.41, 5.74) is 0.103. The highest BCUT2D eigenvalue weighted by Crippen LogP contribution is 2.29. The van der Waals surface area contributed by atoms with Crippen LogP contribution in [0.1, 0.15) is 59.3 Å². The van der Waals surface area contributed by atoms with Gasteiger partial charge in [0.2, 0.25) is 0 Å². The van der Waals surface area contributed by atoms with Crippen LogP contribution >= 0.6 is 0 Å². The van der Waals surface area contributed by atoms with Gasteiger partial charge < -0.3 is 10.1 Å². The minimum absolute atomic E-state index is 0.103. The first kappa shape index (κ1) is 15.3. The quantitative estimate of drug-likeness (QED) is 0.801. The zero-order chi connectivity index (χ0) is 13.7. The number of nitrogens with one attached hydrogen (secondary N) is 1. The zero-order valence-electron chi connectivity index (χ0n) is 13.1. The van der Waals surface area contributed by atoms with Crippen LogP contribution in [-0.4, -0.2) is 48.8 Å². The Labute approximate surface area is 119 Å². The second-order valence-electron chi connectivity index (χ2n) is 6.94. The van der Waals surface area contributed by atoms with Crippen molar-refractivity contribution in [3.05, 3.63) is 0 Å². The van der Waals surface area contributed by atoms with E-state index in [1.807, 2.05) is 0 Å². The standard InChI is InChI=1S/C16H32N2O/c1-4-11-18(12-14-7-5-6-10-17-14)13-15-8-9-16(2,3)19-15/h14-15,17H,4-13H2,1-3H3. The molecule has 0 aliphatic carbocycles. The van der Waals surface area contributed by atoms with Gasteiger partial charge in [-0.1, -0.05) is 13.3 Å². The van der Waals surface area contributed by atoms with Crippen molar-refractivity contribution < 1.29 is 4.74 Å². The smallest absolute Gasteiger partial charge is 0.0710 e. The average Bonchev–Trinajstić information content (AvgIpc) is 2.70. The molecule has 1 N–H and O–H groups in total. The number of nitrogens with zero attached hydrogens (tertiary/aromatic N) is 1. The van der Waals surface area contributed by atoms with Crippen molar-refractivity contribution in [2.45, 2.75) is 77.0 Å². The molecule has 112 valence electrons. The summed E-state index contributed by atoms with van der Waals surface area (Å²) in [6, 6.07) is 0.703. The van der Waals surface area contributed by atoms with Crippen molar-refractivity contribution >= 4 is 0 Å². The fourth-order valence-corrected chi connectivity index (χ4v) is 3.46. The lowest BCUT2D eigenvalue weighted by Gasteiger charge is -2.32. The summed E-state index contributed by atoms with van der Waals surface area (Å²) in [4.78, 5) is 2.62. The number of piperidine rings is 1. The van der Waals surface area contributed by atoms with Gasteiger partial charge in [-0.3, -0.25) is 4.90 Å². The van der Waals surface area contributed by atoms with Crippen molar-refractivity contribution in [1.29, 1.82) is 0 Å². The lowest BCUT2D eigenvalue weighted by Crippen LogP contribution is -2.46. The second kappa shape index (κ2) is 7.05. The Morgan fingerprint density at radius 3 is 2.63 bits per heavy atom. The van der Waals surface area contributed by atoms with Crippen LogP contribution in [0, 0.1) is 0 Å². The molecule has 2 fully saturated rings. The molecule has 0 amide bonds. The minimum Gasteiger partial charge on any atom is -0.371 e. The Balaban J connectivity index is 1.78. The van der Waals surface area contributed by atoms with Crippen LogP contribution in [0.2, 0.25) is 0 Å². The highest BCUT2D eigenvalue weighted by atomic mass is 16.5. The molecule has 0 aromatic rings. The minimum atomic E-state index is 0.103. The molecule has 2 rings (SSSR count). The fraction of sp³-hybridized carbons (Fsp3) is 1.00. The number of ether oxygens (including phenoxy) is 1. The van der Waals surface area contributed by atoms with Gasteiger partial charge in [-0.05, 0) is 59.0 Å². The molecule has 2 saturated heterocycles. The molecule has 3 heteroatoms. The van der Waals surface area contributed by atoms with E-state index >= 15 is 0 Å². The predicted octanol–water partition coefficient (Wildman–Crippen LogP) is 2.80. The maximum absolute atomic E-state index is 6.15. The summed E-state index contributed by atoms with van der Waals surface area (Å²) in [7, 11) is 0. The predicted molar refractivity (Wildman–Crippen MR) is 80.6 cm³/mol. The van der Waals surface area contributed by atoms with Gasteiger partial charge in [-0.15, -0.1) is 0 Å². The molecule has 2 atom stereocenters. The van der Waals surface area contributed by atoms with Crippen LogP contribution in [0.4, 0.5) is 0 Å². The monoisotopic (exact) mass is 268 g/mol. The summed E-state index contributed by atoms with van der Waals surface area (Å²) >= 11 is 0. The third-order valence-electron chi connectivity index (χ3n) is 4.45. The molecule has 0 saturated carbocycles. The highest BCUT2D eigenvalue weighted by Gasteiger charge is 2.32. The van der Waals surface area contributed by atoms with Crippen LogP contribution in [0.15, 0.2) is 0 Å². The number of rotatable bonds is 6. The van der Waals surface area contributed by atoms with E-state index in [0.717, 1.165) is 6.54 Å². The Kier molecular flexibility index (Phi) is 5.67. The molecule has 2 heterocycles. The third kappa shape index (κ3) is 5.05. The second-order valence-corrected chi connectivity index (χ2v) is 6.94. The molecule has 0 aromatic carbocycles. The van der Waals surface area contributed by atoms with Crippen LogP contribution in [-0.2, 0) is 4.74 Å². The van der Waals surface area contributed by atoms with Crippen LogP contribution in [0.3, 0.4) is 0 Å². The average molecular weight is 268 g/mol. The summed E-state index contributed by atoms with van der Waals surface area (Å²) in [5, 5.41) is 3.67. The van der Waals surface area contributed by atoms with Crippen molar-refractivity contribution in [2.75, 3.05) is 26.2 Å². The van der Waals surface area contributed by atoms with Crippen molar-refractivity contribution in [1.82, 2.24) is 10.2 Å². The van der Waals surface area contributed by atoms with E-state index in [1.165, 1.54) is 58.2 Å². The number of hydrogen-bond donors (Lipinski definition) is 1. The number of hydrogen-bond acceptors (Lipinski definition) is 3. The van der Waals surface area contributed by atoms with Gasteiger partial charge in [0, 0.05) is 19.1 Å². The summed E-state index contributed by atoms with van der Waals surface area (Å²) < 4.78 is 6.15. The molecular weight excluding hydrogens is 236 g/mol. The van der Waals surface area contributed by atoms with E-state index in [4.69, 9.17) is 4.74 Å². The van der Waals surface area contributed by atoms with Crippen molar-refractivity contribution in [2.24, 2.45) is 0 Å². The molecule has 0 spiro atoms. The molecule has 3 nitrogen and oxygen atoms in total. The normalized spacial score (nSPS) is 30.9. The van der Waals surface area contributed by atoms with Gasteiger partial charge in [0.15, 0.2) is 0 Å². The van der Waals surface area contributed by atoms with E-state index in [1.54, 1.807) is 0 Å². The molecule has 2 unspecified atom stereocenters. The van der Waals surface area contributed by atoms with Gasteiger partial charge >= 0.3 is 0 Å². The molecule has 2 aliphatic heterocycles. The maximum atomic E-state index is 6.15. The molecular formula is C16H32N2O. The van der Waals surface area contributed by atoms with Gasteiger partial charge in [0.1, 0.15) is 0 Å². The Hall–Kier alpha value is -0.120. The fourth-order valence-electron chi connectivity index (χ4n) is 3.46. The first-order valence-corrected chi connectivity index (χ1v) is 8.22. The first-order valence-electron chi connectivity index (χ1n) is 8.22. The van der Waals surface area contributed by atoms with Crippen LogP contribution < -0.4 is 5.32 Å². The summed E-state index contributed by atoms with van der Waals surface area (Å²) in [6.45, 7) is 11.5. The molecule has 19 heavy (non-hydrogen) atoms. The summed E-state index contributed by atoms with van der Waals surface area (Å²) in [6.07, 6.45) is 8.21. The van der Waals surface area contributed by atoms with E-state index in [0.29, 0.717) is 12.1 Å². The van der Waals surface area contributed by atoms with E-state index in [2.05, 4.69) is 31.0 Å². The molecule has 0 bridgehead atoms. The van der Waals surface area contributed by atoms with Crippen LogP contribution in [0.5, 0.6) is 0 Å². The van der Waals surface area contributed by atoms with Crippen molar-refractivity contribution in [3.8, 4) is 0 Å². The topological polar surface area (TPSA) is 24.5 Å². The first-order chi connectivity index (χ1) is 9.09. The van der Waals surface area contributed by atoms with Crippen LogP contribution in [0.25, 0.3) is 0 Å². The van der Waals surface area contributed by atoms with Crippen molar-refractivity contribution in [3.63, 3.8) is 0 Å².